The summed E-state index contributed by atoms with van der Waals surface area (Å²) in [6.45, 7) is 1.07. The maximum absolute atomic E-state index is 13.2. The Morgan fingerprint density at radius 2 is 1.82 bits per heavy atom. The molecule has 1 saturated heterocycles. The van der Waals surface area contributed by atoms with Crippen LogP contribution in [0, 0.1) is 0 Å². The third-order valence-electron chi connectivity index (χ3n) is 6.11. The number of aromatic hydroxyl groups is 1. The van der Waals surface area contributed by atoms with Crippen molar-refractivity contribution in [1.82, 2.24) is 9.80 Å². The standard InChI is InChI=1S/C27H28N2O5/c1-28(2)14-7-15-29-23(18-9-6-10-19(16-18)34-3)22(26(32)27(29)33)25(31)21-13-12-17-8-4-5-11-20(17)24(21)30/h4-6,8-13,16,23,30-31H,7,14-15H2,1-3H3. The number of aliphatic hydroxyl groups excluding tert-OH is 1. The van der Waals surface area contributed by atoms with Crippen molar-refractivity contribution in [2.45, 2.75) is 12.5 Å². The van der Waals surface area contributed by atoms with Crippen molar-refractivity contribution >= 4 is 28.2 Å². The zero-order valence-electron chi connectivity index (χ0n) is 19.5. The highest BCUT2D eigenvalue weighted by Crippen LogP contribution is 2.42. The molecule has 1 atom stereocenters. The summed E-state index contributed by atoms with van der Waals surface area (Å²) >= 11 is 0. The van der Waals surface area contributed by atoms with E-state index in [-0.39, 0.29) is 16.9 Å². The highest BCUT2D eigenvalue weighted by atomic mass is 16.5. The van der Waals surface area contributed by atoms with Gasteiger partial charge < -0.3 is 24.7 Å². The SMILES string of the molecule is COc1cccc(C2C(=C(O)c3ccc4ccccc4c3O)C(=O)C(=O)N2CCCN(C)C)c1. The van der Waals surface area contributed by atoms with Crippen LogP contribution in [-0.2, 0) is 9.59 Å². The molecule has 0 saturated carbocycles. The Balaban J connectivity index is 1.87. The smallest absolute Gasteiger partial charge is 0.295 e. The Kier molecular flexibility index (Phi) is 6.56. The Morgan fingerprint density at radius 3 is 2.56 bits per heavy atom. The molecule has 1 aliphatic rings. The molecule has 0 spiro atoms. The molecule has 2 N–H and O–H groups in total. The normalized spacial score (nSPS) is 17.6. The number of benzene rings is 3. The van der Waals surface area contributed by atoms with Gasteiger partial charge in [-0.25, -0.2) is 0 Å². The van der Waals surface area contributed by atoms with Gasteiger partial charge in [-0.05, 0) is 56.2 Å². The van der Waals surface area contributed by atoms with E-state index in [0.29, 0.717) is 29.7 Å². The van der Waals surface area contributed by atoms with E-state index >= 15 is 0 Å². The van der Waals surface area contributed by atoms with Crippen LogP contribution in [0.1, 0.15) is 23.6 Å². The van der Waals surface area contributed by atoms with Crippen LogP contribution in [0.15, 0.2) is 66.2 Å². The second-order valence-corrected chi connectivity index (χ2v) is 8.61. The van der Waals surface area contributed by atoms with Crippen molar-refractivity contribution < 1.29 is 24.5 Å². The van der Waals surface area contributed by atoms with E-state index in [2.05, 4.69) is 0 Å². The zero-order valence-corrected chi connectivity index (χ0v) is 19.5. The van der Waals surface area contributed by atoms with Crippen molar-refractivity contribution in [3.05, 3.63) is 77.4 Å². The number of likely N-dealkylation sites (tertiary alicyclic amines) is 1. The first kappa shape index (κ1) is 23.3. The lowest BCUT2D eigenvalue weighted by Crippen LogP contribution is -2.32. The Hall–Kier alpha value is -3.84. The van der Waals surface area contributed by atoms with Crippen LogP contribution in [0.4, 0.5) is 0 Å². The lowest BCUT2D eigenvalue weighted by atomic mass is 9.94. The van der Waals surface area contributed by atoms with Gasteiger partial charge in [0, 0.05) is 11.9 Å². The van der Waals surface area contributed by atoms with E-state index in [0.717, 1.165) is 11.9 Å². The van der Waals surface area contributed by atoms with Gasteiger partial charge in [0.15, 0.2) is 0 Å². The summed E-state index contributed by atoms with van der Waals surface area (Å²) in [4.78, 5) is 29.8. The van der Waals surface area contributed by atoms with Crippen LogP contribution in [0.5, 0.6) is 11.5 Å². The fraction of sp³-hybridized carbons (Fsp3) is 0.259. The molecule has 1 fully saturated rings. The first-order valence-electron chi connectivity index (χ1n) is 11.1. The molecule has 4 rings (SSSR count). The number of methoxy groups -OCH3 is 1. The number of rotatable bonds is 7. The molecule has 0 radical (unpaired) electrons. The summed E-state index contributed by atoms with van der Waals surface area (Å²) in [5, 5.41) is 23.6. The molecule has 7 nitrogen and oxygen atoms in total. The van der Waals surface area contributed by atoms with Gasteiger partial charge in [0.25, 0.3) is 11.7 Å². The third-order valence-corrected chi connectivity index (χ3v) is 6.11. The molecular formula is C27H28N2O5. The van der Waals surface area contributed by atoms with Gasteiger partial charge in [0.2, 0.25) is 0 Å². The molecule has 1 amide bonds. The van der Waals surface area contributed by atoms with Crippen LogP contribution < -0.4 is 4.74 Å². The van der Waals surface area contributed by atoms with E-state index in [4.69, 9.17) is 4.74 Å². The van der Waals surface area contributed by atoms with Crippen molar-refractivity contribution in [2.75, 3.05) is 34.3 Å². The molecule has 1 heterocycles. The first-order chi connectivity index (χ1) is 16.3. The zero-order chi connectivity index (χ0) is 24.4. The minimum absolute atomic E-state index is 0.0475. The fourth-order valence-electron chi connectivity index (χ4n) is 4.42. The highest BCUT2D eigenvalue weighted by Gasteiger charge is 2.46. The number of aliphatic hydroxyl groups is 1. The van der Waals surface area contributed by atoms with Crippen LogP contribution >= 0.6 is 0 Å². The quantitative estimate of drug-likeness (QED) is 0.316. The first-order valence-corrected chi connectivity index (χ1v) is 11.1. The second-order valence-electron chi connectivity index (χ2n) is 8.61. The number of amides is 1. The van der Waals surface area contributed by atoms with Crippen LogP contribution in [0.25, 0.3) is 16.5 Å². The molecular weight excluding hydrogens is 432 g/mol. The Labute approximate surface area is 198 Å². The maximum Gasteiger partial charge on any atom is 0.295 e. The predicted octanol–water partition coefficient (Wildman–Crippen LogP) is 3.93. The number of ether oxygens (including phenoxy) is 1. The number of nitrogens with zero attached hydrogens (tertiary/aromatic N) is 2. The van der Waals surface area contributed by atoms with E-state index < -0.39 is 23.5 Å². The molecule has 0 aromatic heterocycles. The topological polar surface area (TPSA) is 90.3 Å². The van der Waals surface area contributed by atoms with E-state index in [1.807, 2.05) is 31.1 Å². The van der Waals surface area contributed by atoms with Gasteiger partial charge in [0.1, 0.15) is 17.3 Å². The predicted molar refractivity (Wildman–Crippen MR) is 131 cm³/mol. The van der Waals surface area contributed by atoms with Crippen molar-refractivity contribution in [3.8, 4) is 11.5 Å². The molecule has 0 aliphatic carbocycles. The monoisotopic (exact) mass is 460 g/mol. The summed E-state index contributed by atoms with van der Waals surface area (Å²) in [7, 11) is 5.42. The minimum Gasteiger partial charge on any atom is -0.507 e. The van der Waals surface area contributed by atoms with Gasteiger partial charge in [-0.1, -0.05) is 42.5 Å². The van der Waals surface area contributed by atoms with Gasteiger partial charge in [-0.2, -0.15) is 0 Å². The average Bonchev–Trinajstić information content (AvgIpc) is 3.09. The van der Waals surface area contributed by atoms with Gasteiger partial charge in [0.05, 0.1) is 24.3 Å². The molecule has 1 aliphatic heterocycles. The number of phenolic OH excluding ortho intramolecular Hbond substituents is 1. The summed E-state index contributed by atoms with van der Waals surface area (Å²) in [5.74, 6) is -1.41. The number of fused-ring (bicyclic) bond motifs is 1. The summed E-state index contributed by atoms with van der Waals surface area (Å²) in [6, 6.07) is 16.8. The largest absolute Gasteiger partial charge is 0.507 e. The van der Waals surface area contributed by atoms with E-state index in [1.54, 1.807) is 55.6 Å². The number of ketones is 1. The van der Waals surface area contributed by atoms with Crippen molar-refractivity contribution in [2.24, 2.45) is 0 Å². The minimum atomic E-state index is -0.803. The number of hydrogen-bond donors (Lipinski definition) is 2. The summed E-state index contributed by atoms with van der Waals surface area (Å²) in [6.07, 6.45) is 0.655. The number of carbonyl (C=O) groups excluding carboxylic acids is 2. The van der Waals surface area contributed by atoms with Crippen LogP contribution in [0.3, 0.4) is 0 Å². The van der Waals surface area contributed by atoms with Crippen molar-refractivity contribution in [1.29, 1.82) is 0 Å². The molecule has 0 bridgehead atoms. The Bertz CT molecular complexity index is 1280. The number of Topliss-reactive ketones (excluding diaryl/α,β-unsaturated/α-hetero) is 1. The summed E-state index contributed by atoms with van der Waals surface area (Å²) < 4.78 is 5.35. The maximum atomic E-state index is 13.2. The molecule has 7 heteroatoms. The number of phenols is 1. The van der Waals surface area contributed by atoms with Crippen molar-refractivity contribution in [3.63, 3.8) is 0 Å². The Morgan fingerprint density at radius 1 is 1.06 bits per heavy atom. The second kappa shape index (κ2) is 9.57. The lowest BCUT2D eigenvalue weighted by molar-refractivity contribution is -0.139. The van der Waals surface area contributed by atoms with Gasteiger partial charge in [-0.15, -0.1) is 0 Å². The molecule has 3 aromatic carbocycles. The number of hydrogen-bond acceptors (Lipinski definition) is 6. The molecule has 1 unspecified atom stereocenters. The van der Waals surface area contributed by atoms with E-state index in [1.165, 1.54) is 4.90 Å². The number of carbonyl (C=O) groups is 2. The van der Waals surface area contributed by atoms with E-state index in [9.17, 15) is 19.8 Å². The lowest BCUT2D eigenvalue weighted by Gasteiger charge is -2.26. The average molecular weight is 461 g/mol. The van der Waals surface area contributed by atoms with Crippen LogP contribution in [-0.4, -0.2) is 66.0 Å². The van der Waals surface area contributed by atoms with Gasteiger partial charge >= 0.3 is 0 Å². The molecule has 3 aromatic rings. The third kappa shape index (κ3) is 4.22. The highest BCUT2D eigenvalue weighted by molar-refractivity contribution is 6.46. The van der Waals surface area contributed by atoms with Crippen LogP contribution in [0.2, 0.25) is 0 Å². The molecule has 176 valence electrons. The summed E-state index contributed by atoms with van der Waals surface area (Å²) in [5.41, 5.74) is 0.705. The molecule has 34 heavy (non-hydrogen) atoms. The van der Waals surface area contributed by atoms with Gasteiger partial charge in [-0.3, -0.25) is 9.59 Å². The fourth-order valence-corrected chi connectivity index (χ4v) is 4.42.